The van der Waals surface area contributed by atoms with Crippen molar-refractivity contribution >= 4 is 22.4 Å². The highest BCUT2D eigenvalue weighted by Crippen LogP contribution is 2.23. The van der Waals surface area contributed by atoms with Crippen LogP contribution in [0.15, 0.2) is 65.8 Å². The second-order valence-electron chi connectivity index (χ2n) is 5.75. The Hall–Kier alpha value is -3.34. The van der Waals surface area contributed by atoms with Crippen LogP contribution in [0.4, 0.5) is 0 Å². The number of fused-ring (bicyclic) bond motifs is 1. The van der Waals surface area contributed by atoms with Crippen LogP contribution >= 0.6 is 0 Å². The van der Waals surface area contributed by atoms with Gasteiger partial charge in [0, 0.05) is 11.6 Å². The summed E-state index contributed by atoms with van der Waals surface area (Å²) in [4.78, 5) is 12.2. The van der Waals surface area contributed by atoms with Crippen LogP contribution in [0.3, 0.4) is 0 Å². The Balaban J connectivity index is 1.74. The third-order valence-electron chi connectivity index (χ3n) is 3.95. The molecule has 0 bridgehead atoms. The lowest BCUT2D eigenvalue weighted by Crippen LogP contribution is -2.21. The monoisotopic (exact) mass is 334 g/mol. The molecule has 1 amide bonds. The molecule has 0 unspecified atom stereocenters. The van der Waals surface area contributed by atoms with Crippen molar-refractivity contribution in [1.29, 1.82) is 0 Å². The molecule has 3 aromatic rings. The topological polar surface area (TPSA) is 81.9 Å². The summed E-state index contributed by atoms with van der Waals surface area (Å²) in [7, 11) is 0. The van der Waals surface area contributed by atoms with Gasteiger partial charge in [0.2, 0.25) is 5.91 Å². The lowest BCUT2D eigenvalue weighted by Gasteiger charge is -2.07. The van der Waals surface area contributed by atoms with Crippen molar-refractivity contribution in [3.05, 3.63) is 71.8 Å². The summed E-state index contributed by atoms with van der Waals surface area (Å²) >= 11 is 0. The van der Waals surface area contributed by atoms with E-state index < -0.39 is 0 Å². The number of nitrogens with zero attached hydrogens (tertiary/aromatic N) is 1. The average molecular weight is 334 g/mol. The highest BCUT2D eigenvalue weighted by Gasteiger charge is 2.08. The third kappa shape index (κ3) is 3.77. The number of aromatic hydroxyl groups is 2. The van der Waals surface area contributed by atoms with Gasteiger partial charge in [0.25, 0.3) is 0 Å². The predicted octanol–water partition coefficient (Wildman–Crippen LogP) is 3.33. The van der Waals surface area contributed by atoms with Gasteiger partial charge in [-0.1, -0.05) is 42.5 Å². The fraction of sp³-hybridized carbons (Fsp3) is 0.100. The first-order chi connectivity index (χ1) is 12.0. The Morgan fingerprint density at radius 3 is 2.60 bits per heavy atom. The molecule has 0 radical (unpaired) electrons. The SMILES string of the molecule is C/C(=N/NC(=O)Cc1cccc2ccccc12)c1ccc(O)cc1O. The molecule has 0 heterocycles. The van der Waals surface area contributed by atoms with Gasteiger partial charge < -0.3 is 10.2 Å². The first-order valence-electron chi connectivity index (χ1n) is 7.87. The summed E-state index contributed by atoms with van der Waals surface area (Å²) in [5, 5.41) is 25.3. The minimum Gasteiger partial charge on any atom is -0.508 e. The zero-order chi connectivity index (χ0) is 17.8. The summed E-state index contributed by atoms with van der Waals surface area (Å²) in [5.41, 5.74) is 4.33. The molecule has 3 N–H and O–H groups in total. The molecule has 0 atom stereocenters. The van der Waals surface area contributed by atoms with E-state index in [-0.39, 0.29) is 23.8 Å². The van der Waals surface area contributed by atoms with E-state index in [9.17, 15) is 15.0 Å². The fourth-order valence-electron chi connectivity index (χ4n) is 2.69. The number of hydrazone groups is 1. The largest absolute Gasteiger partial charge is 0.508 e. The van der Waals surface area contributed by atoms with Crippen LogP contribution < -0.4 is 5.43 Å². The first-order valence-corrected chi connectivity index (χ1v) is 7.87. The first kappa shape index (κ1) is 16.5. The van der Waals surface area contributed by atoms with Gasteiger partial charge in [0.1, 0.15) is 11.5 Å². The van der Waals surface area contributed by atoms with E-state index in [2.05, 4.69) is 10.5 Å². The van der Waals surface area contributed by atoms with Gasteiger partial charge in [-0.2, -0.15) is 5.10 Å². The molecular weight excluding hydrogens is 316 g/mol. The number of phenolic OH excluding ortho intramolecular Hbond substituents is 2. The van der Waals surface area contributed by atoms with Gasteiger partial charge in [-0.15, -0.1) is 0 Å². The molecule has 0 saturated heterocycles. The molecule has 3 rings (SSSR count). The smallest absolute Gasteiger partial charge is 0.244 e. The van der Waals surface area contributed by atoms with Gasteiger partial charge in [0.05, 0.1) is 12.1 Å². The van der Waals surface area contributed by atoms with Crippen molar-refractivity contribution in [2.24, 2.45) is 5.10 Å². The highest BCUT2D eigenvalue weighted by molar-refractivity contribution is 6.01. The average Bonchev–Trinajstić information content (AvgIpc) is 2.60. The number of phenols is 2. The molecule has 126 valence electrons. The quantitative estimate of drug-likeness (QED) is 0.505. The molecule has 5 heteroatoms. The number of carbonyl (C=O) groups is 1. The molecule has 0 aliphatic rings. The van der Waals surface area contributed by atoms with E-state index in [0.717, 1.165) is 16.3 Å². The van der Waals surface area contributed by atoms with E-state index in [1.54, 1.807) is 13.0 Å². The lowest BCUT2D eigenvalue weighted by molar-refractivity contribution is -0.120. The molecule has 0 aliphatic carbocycles. The number of amides is 1. The Kier molecular flexibility index (Phi) is 4.66. The van der Waals surface area contributed by atoms with Crippen LogP contribution in [-0.4, -0.2) is 21.8 Å². The molecule has 0 fully saturated rings. The molecule has 0 saturated carbocycles. The Bertz CT molecular complexity index is 959. The molecule has 5 nitrogen and oxygen atoms in total. The summed E-state index contributed by atoms with van der Waals surface area (Å²) in [5.74, 6) is -0.368. The van der Waals surface area contributed by atoms with Crippen molar-refractivity contribution in [2.45, 2.75) is 13.3 Å². The van der Waals surface area contributed by atoms with Gasteiger partial charge in [0.15, 0.2) is 0 Å². The second kappa shape index (κ2) is 7.05. The highest BCUT2D eigenvalue weighted by atomic mass is 16.3. The Morgan fingerprint density at radius 2 is 1.80 bits per heavy atom. The van der Waals surface area contributed by atoms with Crippen molar-refractivity contribution in [1.82, 2.24) is 5.43 Å². The van der Waals surface area contributed by atoms with Crippen LogP contribution in [0, 0.1) is 0 Å². The normalized spacial score (nSPS) is 11.5. The summed E-state index contributed by atoms with van der Waals surface area (Å²) in [6.45, 7) is 1.67. The predicted molar refractivity (Wildman–Crippen MR) is 97.8 cm³/mol. The van der Waals surface area contributed by atoms with Crippen molar-refractivity contribution < 1.29 is 15.0 Å². The number of rotatable bonds is 4. The maximum absolute atomic E-state index is 12.2. The van der Waals surface area contributed by atoms with Crippen molar-refractivity contribution in [3.8, 4) is 11.5 Å². The van der Waals surface area contributed by atoms with Gasteiger partial charge in [-0.05, 0) is 35.4 Å². The summed E-state index contributed by atoms with van der Waals surface area (Å²) in [6, 6.07) is 18.0. The number of hydrogen-bond donors (Lipinski definition) is 3. The molecule has 3 aromatic carbocycles. The maximum atomic E-state index is 12.2. The molecule has 0 aromatic heterocycles. The van der Waals surface area contributed by atoms with Crippen molar-refractivity contribution in [3.63, 3.8) is 0 Å². The second-order valence-corrected chi connectivity index (χ2v) is 5.75. The van der Waals surface area contributed by atoms with E-state index in [4.69, 9.17) is 0 Å². The van der Waals surface area contributed by atoms with Crippen LogP contribution in [-0.2, 0) is 11.2 Å². The Labute approximate surface area is 145 Å². The zero-order valence-corrected chi connectivity index (χ0v) is 13.7. The number of nitrogens with one attached hydrogen (secondary N) is 1. The summed E-state index contributed by atoms with van der Waals surface area (Å²) in [6.07, 6.45) is 0.208. The van der Waals surface area contributed by atoms with E-state index >= 15 is 0 Å². The molecule has 0 spiro atoms. The van der Waals surface area contributed by atoms with Gasteiger partial charge in [-0.3, -0.25) is 4.79 Å². The minimum atomic E-state index is -0.242. The van der Waals surface area contributed by atoms with Gasteiger partial charge >= 0.3 is 0 Å². The van der Waals surface area contributed by atoms with E-state index in [0.29, 0.717) is 11.3 Å². The van der Waals surface area contributed by atoms with Crippen LogP contribution in [0.5, 0.6) is 11.5 Å². The number of hydrogen-bond acceptors (Lipinski definition) is 4. The standard InChI is InChI=1S/C20H18N2O3/c1-13(17-10-9-16(23)12-19(17)24)21-22-20(25)11-15-7-4-6-14-5-2-3-8-18(14)15/h2-10,12,23-24H,11H2,1H3,(H,22,25)/b21-13-. The molecule has 25 heavy (non-hydrogen) atoms. The summed E-state index contributed by atoms with van der Waals surface area (Å²) < 4.78 is 0. The van der Waals surface area contributed by atoms with E-state index in [1.165, 1.54) is 12.1 Å². The van der Waals surface area contributed by atoms with Crippen LogP contribution in [0.2, 0.25) is 0 Å². The maximum Gasteiger partial charge on any atom is 0.244 e. The van der Waals surface area contributed by atoms with Crippen LogP contribution in [0.25, 0.3) is 10.8 Å². The molecule has 0 aliphatic heterocycles. The van der Waals surface area contributed by atoms with E-state index in [1.807, 2.05) is 42.5 Å². The van der Waals surface area contributed by atoms with Gasteiger partial charge in [-0.25, -0.2) is 5.43 Å². The number of benzene rings is 3. The lowest BCUT2D eigenvalue weighted by atomic mass is 10.0. The number of carbonyl (C=O) groups excluding carboxylic acids is 1. The zero-order valence-electron chi connectivity index (χ0n) is 13.7. The van der Waals surface area contributed by atoms with Crippen LogP contribution in [0.1, 0.15) is 18.1 Å². The Morgan fingerprint density at radius 1 is 1.04 bits per heavy atom. The fourth-order valence-corrected chi connectivity index (χ4v) is 2.69. The van der Waals surface area contributed by atoms with Crippen molar-refractivity contribution in [2.75, 3.05) is 0 Å². The third-order valence-corrected chi connectivity index (χ3v) is 3.95. The minimum absolute atomic E-state index is 0.0333. The molecular formula is C20H18N2O3.